The molecule has 1 aliphatic heterocycles. The van der Waals surface area contributed by atoms with E-state index >= 15 is 0 Å². The van der Waals surface area contributed by atoms with Crippen molar-refractivity contribution in [3.63, 3.8) is 0 Å². The number of carbonyl (C=O) groups is 1. The van der Waals surface area contributed by atoms with Crippen LogP contribution in [0.25, 0.3) is 5.69 Å². The van der Waals surface area contributed by atoms with Gasteiger partial charge in [0.15, 0.2) is 0 Å². The van der Waals surface area contributed by atoms with Crippen molar-refractivity contribution in [2.75, 3.05) is 23.3 Å². The molecule has 4 rings (SSSR count). The highest BCUT2D eigenvalue weighted by atomic mass is 16.2. The lowest BCUT2D eigenvalue weighted by molar-refractivity contribution is 0.102. The zero-order chi connectivity index (χ0) is 19.7. The maximum atomic E-state index is 12.9. The fourth-order valence-corrected chi connectivity index (χ4v) is 3.48. The Hall–Kier alpha value is -3.42. The molecule has 28 heavy (non-hydrogen) atoms. The van der Waals surface area contributed by atoms with E-state index in [1.54, 1.807) is 24.7 Å². The Morgan fingerprint density at radius 3 is 2.54 bits per heavy atom. The van der Waals surface area contributed by atoms with Gasteiger partial charge >= 0.3 is 0 Å². The summed E-state index contributed by atoms with van der Waals surface area (Å²) in [7, 11) is 1.79. The summed E-state index contributed by atoms with van der Waals surface area (Å²) in [5, 5.41) is 2.74. The summed E-state index contributed by atoms with van der Waals surface area (Å²) in [5.74, 6) is 0.318. The van der Waals surface area contributed by atoms with E-state index in [1.165, 1.54) is 11.0 Å². The Labute approximate surface area is 162 Å². The standard InChI is InChI=1S/C20H22N6O2/c1-14-18(20(28)26(24(14)2)15-8-4-3-5-9-15)23-19(27)16-12-17(22-13-21-16)25-10-6-7-11-25/h3-5,8-9,12-13H,6-7,10-11H2,1-2H3,(H,23,27). The lowest BCUT2D eigenvalue weighted by Gasteiger charge is -2.16. The van der Waals surface area contributed by atoms with E-state index < -0.39 is 5.91 Å². The molecule has 3 aromatic rings. The van der Waals surface area contributed by atoms with E-state index in [-0.39, 0.29) is 16.9 Å². The average Bonchev–Trinajstić information content (AvgIpc) is 3.33. The summed E-state index contributed by atoms with van der Waals surface area (Å²) in [6, 6.07) is 11.0. The van der Waals surface area contributed by atoms with Crippen molar-refractivity contribution in [2.24, 2.45) is 7.05 Å². The predicted octanol–water partition coefficient (Wildman–Crippen LogP) is 2.13. The van der Waals surface area contributed by atoms with Gasteiger partial charge in [0.25, 0.3) is 11.5 Å². The van der Waals surface area contributed by atoms with Crippen LogP contribution in [-0.4, -0.2) is 38.3 Å². The summed E-state index contributed by atoms with van der Waals surface area (Å²) in [6.07, 6.45) is 3.63. The Balaban J connectivity index is 1.64. The number of rotatable bonds is 4. The van der Waals surface area contributed by atoms with Gasteiger partial charge in [-0.15, -0.1) is 0 Å². The van der Waals surface area contributed by atoms with E-state index in [1.807, 2.05) is 30.3 Å². The van der Waals surface area contributed by atoms with E-state index in [4.69, 9.17) is 0 Å². The zero-order valence-corrected chi connectivity index (χ0v) is 15.9. The highest BCUT2D eigenvalue weighted by Crippen LogP contribution is 2.19. The Morgan fingerprint density at radius 2 is 1.82 bits per heavy atom. The highest BCUT2D eigenvalue weighted by Gasteiger charge is 2.21. The molecule has 0 aliphatic carbocycles. The van der Waals surface area contributed by atoms with Crippen LogP contribution in [0.4, 0.5) is 11.5 Å². The molecule has 0 radical (unpaired) electrons. The summed E-state index contributed by atoms with van der Waals surface area (Å²) in [4.78, 5) is 36.2. The van der Waals surface area contributed by atoms with Gasteiger partial charge in [-0.1, -0.05) is 18.2 Å². The lowest BCUT2D eigenvalue weighted by Crippen LogP contribution is -2.24. The molecule has 0 bridgehead atoms. The van der Waals surface area contributed by atoms with Crippen LogP contribution in [0.5, 0.6) is 0 Å². The molecule has 1 fully saturated rings. The van der Waals surface area contributed by atoms with Crippen molar-refractivity contribution >= 4 is 17.4 Å². The summed E-state index contributed by atoms with van der Waals surface area (Å²) in [6.45, 7) is 3.65. The molecule has 1 saturated heterocycles. The summed E-state index contributed by atoms with van der Waals surface area (Å²) in [5.41, 5.74) is 1.60. The predicted molar refractivity (Wildman–Crippen MR) is 107 cm³/mol. The van der Waals surface area contributed by atoms with Crippen molar-refractivity contribution in [3.8, 4) is 5.69 Å². The van der Waals surface area contributed by atoms with Crippen LogP contribution in [-0.2, 0) is 7.05 Å². The molecule has 8 heteroatoms. The number of benzene rings is 1. The smallest absolute Gasteiger partial charge is 0.295 e. The lowest BCUT2D eigenvalue weighted by atomic mass is 10.3. The van der Waals surface area contributed by atoms with Crippen LogP contribution in [0.2, 0.25) is 0 Å². The Kier molecular flexibility index (Phi) is 4.68. The maximum Gasteiger partial charge on any atom is 0.295 e. The van der Waals surface area contributed by atoms with Crippen molar-refractivity contribution in [3.05, 3.63) is 64.5 Å². The molecule has 0 atom stereocenters. The molecule has 144 valence electrons. The van der Waals surface area contributed by atoms with Crippen molar-refractivity contribution in [1.29, 1.82) is 0 Å². The zero-order valence-electron chi connectivity index (χ0n) is 15.9. The van der Waals surface area contributed by atoms with Crippen LogP contribution in [0.1, 0.15) is 29.0 Å². The SMILES string of the molecule is Cc1c(NC(=O)c2cc(N3CCCC3)ncn2)c(=O)n(-c2ccccc2)n1C. The van der Waals surface area contributed by atoms with Crippen LogP contribution >= 0.6 is 0 Å². The van der Waals surface area contributed by atoms with Crippen LogP contribution in [0.15, 0.2) is 47.5 Å². The minimum Gasteiger partial charge on any atom is -0.357 e. The third kappa shape index (κ3) is 3.17. The van der Waals surface area contributed by atoms with Crippen LogP contribution < -0.4 is 15.8 Å². The molecule has 1 aromatic carbocycles. The quantitative estimate of drug-likeness (QED) is 0.752. The van der Waals surface area contributed by atoms with Gasteiger partial charge in [0.2, 0.25) is 0 Å². The normalized spacial score (nSPS) is 13.7. The second-order valence-corrected chi connectivity index (χ2v) is 6.85. The number of hydrogen-bond acceptors (Lipinski definition) is 5. The third-order valence-electron chi connectivity index (χ3n) is 5.11. The Bertz CT molecular complexity index is 1060. The van der Waals surface area contributed by atoms with Crippen molar-refractivity contribution in [2.45, 2.75) is 19.8 Å². The Morgan fingerprint density at radius 1 is 1.11 bits per heavy atom. The monoisotopic (exact) mass is 378 g/mol. The van der Waals surface area contributed by atoms with Gasteiger partial charge in [-0.2, -0.15) is 0 Å². The fourth-order valence-electron chi connectivity index (χ4n) is 3.48. The number of nitrogens with zero attached hydrogens (tertiary/aromatic N) is 5. The number of aromatic nitrogens is 4. The van der Waals surface area contributed by atoms with Gasteiger partial charge in [0.1, 0.15) is 23.5 Å². The van der Waals surface area contributed by atoms with Crippen LogP contribution in [0.3, 0.4) is 0 Å². The number of carbonyl (C=O) groups excluding carboxylic acids is 1. The number of nitrogens with one attached hydrogen (secondary N) is 1. The second-order valence-electron chi connectivity index (χ2n) is 6.85. The van der Waals surface area contributed by atoms with Gasteiger partial charge in [-0.25, -0.2) is 14.6 Å². The summed E-state index contributed by atoms with van der Waals surface area (Å²) < 4.78 is 3.25. The third-order valence-corrected chi connectivity index (χ3v) is 5.11. The van der Waals surface area contributed by atoms with Crippen molar-refractivity contribution < 1.29 is 4.79 Å². The number of para-hydroxylation sites is 1. The largest absolute Gasteiger partial charge is 0.357 e. The molecule has 8 nitrogen and oxygen atoms in total. The second kappa shape index (κ2) is 7.30. The van der Waals surface area contributed by atoms with Crippen LogP contribution in [0, 0.1) is 6.92 Å². The first-order valence-corrected chi connectivity index (χ1v) is 9.28. The molecule has 0 saturated carbocycles. The van der Waals surface area contributed by atoms with Gasteiger partial charge in [-0.05, 0) is 31.9 Å². The molecular formula is C20H22N6O2. The molecular weight excluding hydrogens is 356 g/mol. The van der Waals surface area contributed by atoms with E-state index in [9.17, 15) is 9.59 Å². The first-order chi connectivity index (χ1) is 13.6. The molecule has 1 amide bonds. The van der Waals surface area contributed by atoms with E-state index in [0.717, 1.165) is 37.4 Å². The number of hydrogen-bond donors (Lipinski definition) is 1. The molecule has 2 aromatic heterocycles. The van der Waals surface area contributed by atoms with Gasteiger partial charge < -0.3 is 10.2 Å². The first kappa shape index (κ1) is 18.0. The molecule has 3 heterocycles. The molecule has 1 aliphatic rings. The van der Waals surface area contributed by atoms with E-state index in [2.05, 4.69) is 20.2 Å². The first-order valence-electron chi connectivity index (χ1n) is 9.28. The van der Waals surface area contributed by atoms with Gasteiger partial charge in [-0.3, -0.25) is 14.3 Å². The summed E-state index contributed by atoms with van der Waals surface area (Å²) >= 11 is 0. The average molecular weight is 378 g/mol. The van der Waals surface area contributed by atoms with Gasteiger partial charge in [0.05, 0.1) is 11.4 Å². The fraction of sp³-hybridized carbons (Fsp3) is 0.300. The number of amides is 1. The minimum absolute atomic E-state index is 0.241. The maximum absolute atomic E-state index is 12.9. The molecule has 1 N–H and O–H groups in total. The molecule has 0 spiro atoms. The molecule has 0 unspecified atom stereocenters. The topological polar surface area (TPSA) is 85.1 Å². The van der Waals surface area contributed by atoms with Crippen molar-refractivity contribution in [1.82, 2.24) is 19.3 Å². The highest BCUT2D eigenvalue weighted by molar-refractivity contribution is 6.03. The van der Waals surface area contributed by atoms with E-state index in [0.29, 0.717) is 5.69 Å². The minimum atomic E-state index is -0.422. The number of anilines is 2. The van der Waals surface area contributed by atoms with Gasteiger partial charge in [0, 0.05) is 26.2 Å².